The Bertz CT molecular complexity index is 527. The smallest absolute Gasteiger partial charge is 0.264 e. The van der Waals surface area contributed by atoms with Crippen molar-refractivity contribution in [3.8, 4) is 0 Å². The fraction of sp³-hybridized carbons (Fsp3) is 0.467. The van der Waals surface area contributed by atoms with E-state index < -0.39 is 0 Å². The lowest BCUT2D eigenvalue weighted by Gasteiger charge is -2.15. The molecule has 4 heteroatoms. The second-order valence-corrected chi connectivity index (χ2v) is 5.24. The highest BCUT2D eigenvalue weighted by atomic mass is 16.4. The molecule has 0 bridgehead atoms. The van der Waals surface area contributed by atoms with Gasteiger partial charge in [0.15, 0.2) is 5.58 Å². The fourth-order valence-electron chi connectivity index (χ4n) is 2.25. The van der Waals surface area contributed by atoms with Gasteiger partial charge in [0.25, 0.3) is 5.89 Å². The topological polar surface area (TPSA) is 55.1 Å². The van der Waals surface area contributed by atoms with E-state index in [1.807, 2.05) is 31.3 Å². The number of hydrogen-bond donors (Lipinski definition) is 1. The molecule has 19 heavy (non-hydrogen) atoms. The van der Waals surface area contributed by atoms with Crippen molar-refractivity contribution in [1.82, 2.24) is 10.3 Å². The van der Waals surface area contributed by atoms with Gasteiger partial charge in [0.1, 0.15) is 5.52 Å². The van der Waals surface area contributed by atoms with Gasteiger partial charge in [-0.25, -0.2) is 4.98 Å². The Morgan fingerprint density at radius 3 is 2.74 bits per heavy atom. The van der Waals surface area contributed by atoms with Crippen molar-refractivity contribution >= 4 is 16.9 Å². The highest BCUT2D eigenvalue weighted by Crippen LogP contribution is 2.20. The number of fused-ring (bicyclic) bond motifs is 1. The number of ketones is 1. The minimum Gasteiger partial charge on any atom is -0.434 e. The van der Waals surface area contributed by atoms with Crippen molar-refractivity contribution in [3.05, 3.63) is 30.2 Å². The number of hydrogen-bond acceptors (Lipinski definition) is 4. The maximum absolute atomic E-state index is 12.4. The van der Waals surface area contributed by atoms with Crippen LogP contribution in [0.4, 0.5) is 0 Å². The van der Waals surface area contributed by atoms with Gasteiger partial charge in [0.2, 0.25) is 5.78 Å². The molecule has 0 aliphatic rings. The number of Topliss-reactive ketones (excluding diaryl/α,β-unsaturated/α-hetero) is 1. The molecule has 1 unspecified atom stereocenters. The molecule has 2 rings (SSSR count). The molecule has 1 aromatic heterocycles. The summed E-state index contributed by atoms with van der Waals surface area (Å²) in [6, 6.07) is 7.44. The predicted octanol–water partition coefficient (Wildman–Crippen LogP) is 2.89. The molecule has 0 spiro atoms. The van der Waals surface area contributed by atoms with Crippen LogP contribution in [0.1, 0.15) is 31.0 Å². The lowest BCUT2D eigenvalue weighted by atomic mass is 9.93. The van der Waals surface area contributed by atoms with Crippen molar-refractivity contribution in [1.29, 1.82) is 0 Å². The van der Waals surface area contributed by atoms with Gasteiger partial charge < -0.3 is 9.73 Å². The second-order valence-electron chi connectivity index (χ2n) is 5.24. The third-order valence-corrected chi connectivity index (χ3v) is 3.08. The van der Waals surface area contributed by atoms with Crippen LogP contribution >= 0.6 is 0 Å². The summed E-state index contributed by atoms with van der Waals surface area (Å²) in [7, 11) is 1.85. The Morgan fingerprint density at radius 2 is 2.11 bits per heavy atom. The summed E-state index contributed by atoms with van der Waals surface area (Å²) in [5, 5.41) is 3.07. The van der Waals surface area contributed by atoms with Crippen LogP contribution in [0.5, 0.6) is 0 Å². The van der Waals surface area contributed by atoms with Crippen LogP contribution in [-0.2, 0) is 0 Å². The molecule has 0 amide bonds. The van der Waals surface area contributed by atoms with Gasteiger partial charge in [-0.15, -0.1) is 0 Å². The number of oxazole rings is 1. The number of nitrogens with zero attached hydrogens (tertiary/aromatic N) is 1. The highest BCUT2D eigenvalue weighted by Gasteiger charge is 2.25. The van der Waals surface area contributed by atoms with Gasteiger partial charge in [0.05, 0.1) is 0 Å². The first kappa shape index (κ1) is 13.7. The van der Waals surface area contributed by atoms with Crippen LogP contribution in [0.25, 0.3) is 11.1 Å². The zero-order valence-corrected chi connectivity index (χ0v) is 11.6. The molecule has 0 saturated carbocycles. The summed E-state index contributed by atoms with van der Waals surface area (Å²) >= 11 is 0. The number of benzene rings is 1. The van der Waals surface area contributed by atoms with E-state index in [2.05, 4.69) is 24.1 Å². The molecule has 1 atom stereocenters. The fourth-order valence-corrected chi connectivity index (χ4v) is 2.25. The molecule has 0 fully saturated rings. The number of para-hydroxylation sites is 2. The summed E-state index contributed by atoms with van der Waals surface area (Å²) in [5.41, 5.74) is 1.40. The van der Waals surface area contributed by atoms with Crippen LogP contribution in [-0.4, -0.2) is 24.4 Å². The van der Waals surface area contributed by atoms with Crippen molar-refractivity contribution in [2.75, 3.05) is 13.6 Å². The molecule has 1 N–H and O–H groups in total. The molecule has 0 aliphatic carbocycles. The van der Waals surface area contributed by atoms with Crippen molar-refractivity contribution < 1.29 is 9.21 Å². The maximum Gasteiger partial charge on any atom is 0.264 e. The van der Waals surface area contributed by atoms with Crippen LogP contribution in [0.3, 0.4) is 0 Å². The maximum atomic E-state index is 12.4. The monoisotopic (exact) mass is 260 g/mol. The number of aromatic nitrogens is 1. The van der Waals surface area contributed by atoms with Crippen LogP contribution in [0.2, 0.25) is 0 Å². The first-order chi connectivity index (χ1) is 9.11. The van der Waals surface area contributed by atoms with Gasteiger partial charge in [-0.3, -0.25) is 4.79 Å². The van der Waals surface area contributed by atoms with E-state index in [9.17, 15) is 4.79 Å². The van der Waals surface area contributed by atoms with Gasteiger partial charge in [-0.05, 0) is 31.5 Å². The van der Waals surface area contributed by atoms with E-state index in [1.54, 1.807) is 0 Å². The molecule has 1 heterocycles. The molecule has 0 radical (unpaired) electrons. The zero-order valence-electron chi connectivity index (χ0n) is 11.6. The van der Waals surface area contributed by atoms with Crippen molar-refractivity contribution in [2.45, 2.75) is 20.3 Å². The Labute approximate surface area is 113 Å². The lowest BCUT2D eigenvalue weighted by molar-refractivity contribution is 0.0870. The number of carbonyl (C=O) groups excluding carboxylic acids is 1. The molecular weight excluding hydrogens is 240 g/mol. The minimum absolute atomic E-state index is 0.0146. The number of rotatable bonds is 6. The summed E-state index contributed by atoms with van der Waals surface area (Å²) in [5.74, 6) is 0.589. The van der Waals surface area contributed by atoms with Crippen molar-refractivity contribution in [2.24, 2.45) is 11.8 Å². The van der Waals surface area contributed by atoms with Crippen LogP contribution < -0.4 is 5.32 Å². The third kappa shape index (κ3) is 3.20. The van der Waals surface area contributed by atoms with E-state index in [4.69, 9.17) is 4.42 Å². The van der Waals surface area contributed by atoms with E-state index in [-0.39, 0.29) is 17.6 Å². The Balaban J connectivity index is 2.24. The SMILES string of the molecule is CNCC(CC(C)C)C(=O)c1nc2ccccc2o1. The van der Waals surface area contributed by atoms with E-state index in [1.165, 1.54) is 0 Å². The zero-order chi connectivity index (χ0) is 13.8. The summed E-state index contributed by atoms with van der Waals surface area (Å²) in [6.07, 6.45) is 0.832. The van der Waals surface area contributed by atoms with Gasteiger partial charge >= 0.3 is 0 Å². The predicted molar refractivity (Wildman–Crippen MR) is 75.2 cm³/mol. The summed E-state index contributed by atoms with van der Waals surface area (Å²) in [6.45, 7) is 4.87. The normalized spacial score (nSPS) is 13.1. The Kier molecular flexibility index (Phi) is 4.32. The lowest BCUT2D eigenvalue weighted by Crippen LogP contribution is -2.27. The number of nitrogens with one attached hydrogen (secondary N) is 1. The molecule has 2 aromatic rings. The largest absolute Gasteiger partial charge is 0.434 e. The van der Waals surface area contributed by atoms with E-state index in [0.29, 0.717) is 18.0 Å². The van der Waals surface area contributed by atoms with Crippen molar-refractivity contribution in [3.63, 3.8) is 0 Å². The van der Waals surface area contributed by atoms with E-state index >= 15 is 0 Å². The average molecular weight is 260 g/mol. The third-order valence-electron chi connectivity index (χ3n) is 3.08. The van der Waals surface area contributed by atoms with Gasteiger partial charge in [0, 0.05) is 12.5 Å². The molecule has 1 aromatic carbocycles. The van der Waals surface area contributed by atoms with Gasteiger partial charge in [-0.2, -0.15) is 0 Å². The number of carbonyl (C=O) groups is 1. The van der Waals surface area contributed by atoms with Crippen LogP contribution in [0, 0.1) is 11.8 Å². The first-order valence-electron chi connectivity index (χ1n) is 6.66. The molecule has 4 nitrogen and oxygen atoms in total. The summed E-state index contributed by atoms with van der Waals surface area (Å²) < 4.78 is 5.55. The second kappa shape index (κ2) is 5.97. The molecule has 0 aliphatic heterocycles. The Morgan fingerprint density at radius 1 is 1.37 bits per heavy atom. The molecule has 0 saturated heterocycles. The average Bonchev–Trinajstić information content (AvgIpc) is 2.80. The quantitative estimate of drug-likeness (QED) is 0.811. The summed E-state index contributed by atoms with van der Waals surface area (Å²) in [4.78, 5) is 16.7. The molecular formula is C15H20N2O2. The van der Waals surface area contributed by atoms with Gasteiger partial charge in [-0.1, -0.05) is 26.0 Å². The molecule has 102 valence electrons. The minimum atomic E-state index is -0.0851. The standard InChI is InChI=1S/C15H20N2O2/c1-10(2)8-11(9-16-3)14(18)15-17-12-6-4-5-7-13(12)19-15/h4-7,10-11,16H,8-9H2,1-3H3. The van der Waals surface area contributed by atoms with E-state index in [0.717, 1.165) is 11.9 Å². The Hall–Kier alpha value is -1.68. The van der Waals surface area contributed by atoms with Crippen LogP contribution in [0.15, 0.2) is 28.7 Å². The first-order valence-corrected chi connectivity index (χ1v) is 6.66. The highest BCUT2D eigenvalue weighted by molar-refractivity contribution is 5.96.